The number of hydrogen-bond donors (Lipinski definition) is 1. The average Bonchev–Trinajstić information content (AvgIpc) is 2.85. The van der Waals surface area contributed by atoms with E-state index in [1.807, 2.05) is 0 Å². The Morgan fingerprint density at radius 1 is 0.892 bits per heavy atom. The number of benzene rings is 3. The molecule has 0 saturated heterocycles. The topological polar surface area (TPSA) is 77.4 Å². The Morgan fingerprint density at radius 3 is 2.22 bits per heavy atom. The van der Waals surface area contributed by atoms with E-state index in [1.54, 1.807) is 36.4 Å². The molecule has 4 rings (SSSR count). The standard InChI is InChI=1S/C27H20F4N2O4/c28-20-9-5-17(6-10-20)13-14-32-25(35)22-16-19-3-1-2-4-23(19)33(26(22)36)24(34)15-18-7-11-21(12-8-18)37-27(29,30)31/h1-12,16H,13-15H2,(H,32,35). The molecule has 10 heteroatoms. The number of hydrogen-bond acceptors (Lipinski definition) is 4. The summed E-state index contributed by atoms with van der Waals surface area (Å²) < 4.78 is 55.0. The van der Waals surface area contributed by atoms with Crippen LogP contribution in [0.25, 0.3) is 10.9 Å². The zero-order valence-corrected chi connectivity index (χ0v) is 19.2. The van der Waals surface area contributed by atoms with Crippen molar-refractivity contribution in [3.05, 3.63) is 112 Å². The van der Waals surface area contributed by atoms with Crippen molar-refractivity contribution >= 4 is 22.7 Å². The van der Waals surface area contributed by atoms with Gasteiger partial charge in [0, 0.05) is 6.54 Å². The van der Waals surface area contributed by atoms with Gasteiger partial charge in [0.25, 0.3) is 11.5 Å². The van der Waals surface area contributed by atoms with E-state index >= 15 is 0 Å². The lowest BCUT2D eigenvalue weighted by Crippen LogP contribution is -2.36. The molecule has 0 aliphatic carbocycles. The number of ether oxygens (including phenoxy) is 1. The van der Waals surface area contributed by atoms with Crippen molar-refractivity contribution in [2.24, 2.45) is 0 Å². The molecule has 37 heavy (non-hydrogen) atoms. The maximum absolute atomic E-state index is 13.2. The van der Waals surface area contributed by atoms with E-state index < -0.39 is 29.5 Å². The first kappa shape index (κ1) is 25.6. The van der Waals surface area contributed by atoms with Crippen molar-refractivity contribution in [1.82, 2.24) is 9.88 Å². The highest BCUT2D eigenvalue weighted by molar-refractivity contribution is 6.00. The summed E-state index contributed by atoms with van der Waals surface area (Å²) in [6.45, 7) is 0.178. The zero-order valence-electron chi connectivity index (χ0n) is 19.2. The molecule has 0 spiro atoms. The van der Waals surface area contributed by atoms with Gasteiger partial charge in [-0.25, -0.2) is 8.96 Å². The highest BCUT2D eigenvalue weighted by Gasteiger charge is 2.31. The van der Waals surface area contributed by atoms with Crippen LogP contribution in [0.4, 0.5) is 17.6 Å². The van der Waals surface area contributed by atoms with Crippen LogP contribution in [0.15, 0.2) is 83.7 Å². The van der Waals surface area contributed by atoms with Crippen LogP contribution < -0.4 is 15.6 Å². The normalized spacial score (nSPS) is 11.4. The second-order valence-electron chi connectivity index (χ2n) is 8.15. The summed E-state index contributed by atoms with van der Waals surface area (Å²) in [5, 5.41) is 3.12. The van der Waals surface area contributed by atoms with Crippen molar-refractivity contribution in [1.29, 1.82) is 0 Å². The maximum atomic E-state index is 13.2. The van der Waals surface area contributed by atoms with E-state index in [2.05, 4.69) is 10.1 Å². The zero-order chi connectivity index (χ0) is 26.6. The summed E-state index contributed by atoms with van der Waals surface area (Å²) in [6.07, 6.45) is -4.74. The number of para-hydroxylation sites is 1. The molecule has 0 atom stereocenters. The molecule has 3 aromatic carbocycles. The largest absolute Gasteiger partial charge is 0.573 e. The van der Waals surface area contributed by atoms with Crippen molar-refractivity contribution in [2.75, 3.05) is 6.54 Å². The van der Waals surface area contributed by atoms with Gasteiger partial charge in [-0.2, -0.15) is 0 Å². The molecule has 0 aliphatic heterocycles. The van der Waals surface area contributed by atoms with Crippen LogP contribution in [0.2, 0.25) is 0 Å². The third-order valence-corrected chi connectivity index (χ3v) is 5.53. The van der Waals surface area contributed by atoms with E-state index in [-0.39, 0.29) is 29.9 Å². The van der Waals surface area contributed by atoms with Gasteiger partial charge in [-0.05, 0) is 59.3 Å². The lowest BCUT2D eigenvalue weighted by molar-refractivity contribution is -0.274. The molecule has 0 radical (unpaired) electrons. The maximum Gasteiger partial charge on any atom is 0.573 e. The molecule has 0 unspecified atom stereocenters. The SMILES string of the molecule is O=C(NCCc1ccc(F)cc1)c1cc2ccccc2n(C(=O)Cc2ccc(OC(F)(F)F)cc2)c1=O. The molecule has 1 N–H and O–H groups in total. The Hall–Kier alpha value is -4.47. The number of alkyl halides is 3. The molecule has 1 heterocycles. The smallest absolute Gasteiger partial charge is 0.406 e. The van der Waals surface area contributed by atoms with Gasteiger partial charge in [-0.3, -0.25) is 14.4 Å². The number of carbonyl (C=O) groups excluding carboxylic acids is 2. The predicted molar refractivity (Wildman–Crippen MR) is 128 cm³/mol. The molecule has 4 aromatic rings. The fourth-order valence-electron chi connectivity index (χ4n) is 3.80. The Kier molecular flexibility index (Phi) is 7.37. The van der Waals surface area contributed by atoms with Crippen LogP contribution in [0, 0.1) is 5.82 Å². The van der Waals surface area contributed by atoms with Crippen LogP contribution in [-0.4, -0.2) is 29.3 Å². The summed E-state index contributed by atoms with van der Waals surface area (Å²) in [4.78, 5) is 39.2. The third-order valence-electron chi connectivity index (χ3n) is 5.53. The van der Waals surface area contributed by atoms with Gasteiger partial charge in [0.1, 0.15) is 17.1 Å². The summed E-state index contributed by atoms with van der Waals surface area (Å²) in [5.74, 6) is -2.15. The Balaban J connectivity index is 1.56. The van der Waals surface area contributed by atoms with E-state index in [1.165, 1.54) is 30.3 Å². The number of aromatic nitrogens is 1. The van der Waals surface area contributed by atoms with Crippen molar-refractivity contribution < 1.29 is 31.9 Å². The first-order valence-corrected chi connectivity index (χ1v) is 11.2. The number of pyridine rings is 1. The lowest BCUT2D eigenvalue weighted by Gasteiger charge is -2.13. The lowest BCUT2D eigenvalue weighted by atomic mass is 10.1. The molecule has 6 nitrogen and oxygen atoms in total. The van der Waals surface area contributed by atoms with Crippen molar-refractivity contribution in [3.8, 4) is 5.75 Å². The number of amides is 1. The summed E-state index contributed by atoms with van der Waals surface area (Å²) >= 11 is 0. The molecule has 0 bridgehead atoms. The van der Waals surface area contributed by atoms with Crippen LogP contribution in [0.1, 0.15) is 26.3 Å². The fraction of sp³-hybridized carbons (Fsp3) is 0.148. The van der Waals surface area contributed by atoms with Crippen molar-refractivity contribution in [3.63, 3.8) is 0 Å². The average molecular weight is 512 g/mol. The highest BCUT2D eigenvalue weighted by atomic mass is 19.4. The van der Waals surface area contributed by atoms with Crippen LogP contribution in [-0.2, 0) is 12.8 Å². The fourth-order valence-corrected chi connectivity index (χ4v) is 3.80. The van der Waals surface area contributed by atoms with E-state index in [9.17, 15) is 31.9 Å². The summed E-state index contributed by atoms with van der Waals surface area (Å²) in [6, 6.07) is 18.5. The summed E-state index contributed by atoms with van der Waals surface area (Å²) in [7, 11) is 0. The molecule has 0 aliphatic rings. The van der Waals surface area contributed by atoms with E-state index in [4.69, 9.17) is 0 Å². The molecule has 0 saturated carbocycles. The molecule has 1 amide bonds. The quantitative estimate of drug-likeness (QED) is 0.358. The van der Waals surface area contributed by atoms with Crippen LogP contribution in [0.5, 0.6) is 5.75 Å². The highest BCUT2D eigenvalue weighted by Crippen LogP contribution is 2.23. The second kappa shape index (κ2) is 10.7. The van der Waals surface area contributed by atoms with Gasteiger partial charge in [0.05, 0.1) is 11.9 Å². The number of nitrogens with zero attached hydrogens (tertiary/aromatic N) is 1. The predicted octanol–water partition coefficient (Wildman–Crippen LogP) is 4.89. The molecule has 190 valence electrons. The number of nitrogens with one attached hydrogen (secondary N) is 1. The Bertz CT molecular complexity index is 1490. The Labute approximate surface area is 208 Å². The number of fused-ring (bicyclic) bond motifs is 1. The Morgan fingerprint density at radius 2 is 1.54 bits per heavy atom. The van der Waals surface area contributed by atoms with Gasteiger partial charge in [0.2, 0.25) is 5.91 Å². The van der Waals surface area contributed by atoms with Crippen LogP contribution in [0.3, 0.4) is 0 Å². The molecular weight excluding hydrogens is 492 g/mol. The van der Waals surface area contributed by atoms with Crippen molar-refractivity contribution in [2.45, 2.75) is 19.2 Å². The third kappa shape index (κ3) is 6.40. The number of rotatable bonds is 7. The number of halogens is 4. The van der Waals surface area contributed by atoms with Gasteiger partial charge >= 0.3 is 6.36 Å². The van der Waals surface area contributed by atoms with Gasteiger partial charge in [0.15, 0.2) is 0 Å². The van der Waals surface area contributed by atoms with E-state index in [0.29, 0.717) is 17.4 Å². The minimum absolute atomic E-state index is 0.178. The van der Waals surface area contributed by atoms with E-state index in [0.717, 1.165) is 22.3 Å². The molecule has 1 aromatic heterocycles. The van der Waals surface area contributed by atoms with Gasteiger partial charge < -0.3 is 10.1 Å². The second-order valence-corrected chi connectivity index (χ2v) is 8.15. The minimum atomic E-state index is -4.84. The number of carbonyl (C=O) groups is 2. The molecule has 0 fully saturated rings. The monoisotopic (exact) mass is 512 g/mol. The minimum Gasteiger partial charge on any atom is -0.406 e. The summed E-state index contributed by atoms with van der Waals surface area (Å²) in [5.41, 5.74) is 0.376. The first-order chi connectivity index (χ1) is 17.6. The first-order valence-electron chi connectivity index (χ1n) is 11.2. The van der Waals surface area contributed by atoms with Gasteiger partial charge in [-0.1, -0.05) is 42.5 Å². The molecular formula is C27H20F4N2O4. The van der Waals surface area contributed by atoms with Gasteiger partial charge in [-0.15, -0.1) is 13.2 Å². The van der Waals surface area contributed by atoms with Crippen LogP contribution >= 0.6 is 0 Å².